The number of rotatable bonds is 12. The predicted octanol–water partition coefficient (Wildman–Crippen LogP) is 4.68. The van der Waals surface area contributed by atoms with E-state index in [1.165, 1.54) is 17.0 Å². The van der Waals surface area contributed by atoms with Crippen LogP contribution in [0.4, 0.5) is 0 Å². The summed E-state index contributed by atoms with van der Waals surface area (Å²) in [6.45, 7) is 4.44. The molecule has 0 bridgehead atoms. The molecule has 3 amide bonds. The molecule has 41 heavy (non-hydrogen) atoms. The summed E-state index contributed by atoms with van der Waals surface area (Å²) in [4.78, 5) is 41.6. The Bertz CT molecular complexity index is 1510. The Morgan fingerprint density at radius 3 is 2.32 bits per heavy atom. The Morgan fingerprint density at radius 2 is 1.63 bits per heavy atom. The summed E-state index contributed by atoms with van der Waals surface area (Å²) in [6.07, 6.45) is 0.347. The molecule has 1 heterocycles. The summed E-state index contributed by atoms with van der Waals surface area (Å²) in [5.41, 5.74) is 1.78. The fourth-order valence-corrected chi connectivity index (χ4v) is 6.60. The number of nitrogens with one attached hydrogen (secondary N) is 1. The van der Waals surface area contributed by atoms with Gasteiger partial charge in [-0.3, -0.25) is 14.4 Å². The normalized spacial score (nSPS) is 14.5. The number of hydrogen-bond donors (Lipinski definition) is 1. The second kappa shape index (κ2) is 13.3. The molecule has 0 radical (unpaired) electrons. The molecule has 1 atom stereocenters. The molecule has 3 aromatic rings. The predicted molar refractivity (Wildman–Crippen MR) is 158 cm³/mol. The maximum atomic E-state index is 13.8. The van der Waals surface area contributed by atoms with Gasteiger partial charge in [-0.2, -0.15) is 0 Å². The highest BCUT2D eigenvalue weighted by atomic mass is 35.5. The minimum atomic E-state index is -3.97. The van der Waals surface area contributed by atoms with Gasteiger partial charge in [0.25, 0.3) is 15.9 Å². The van der Waals surface area contributed by atoms with Gasteiger partial charge in [-0.15, -0.1) is 0 Å². The van der Waals surface area contributed by atoms with Crippen molar-refractivity contribution in [1.29, 1.82) is 0 Å². The van der Waals surface area contributed by atoms with Crippen LogP contribution in [0.5, 0.6) is 0 Å². The van der Waals surface area contributed by atoms with Crippen molar-refractivity contribution in [3.63, 3.8) is 0 Å². The molecular formula is C31H34ClN3O5S. The van der Waals surface area contributed by atoms with Crippen LogP contribution in [-0.4, -0.2) is 54.5 Å². The Morgan fingerprint density at radius 1 is 0.951 bits per heavy atom. The molecule has 8 nitrogen and oxygen atoms in total. The molecule has 216 valence electrons. The van der Waals surface area contributed by atoms with E-state index in [0.29, 0.717) is 18.0 Å². The number of sulfonamides is 1. The number of fused-ring (bicyclic) bond motifs is 1. The molecule has 4 rings (SSSR count). The Hall–Kier alpha value is -3.69. The maximum Gasteiger partial charge on any atom is 0.269 e. The number of carbonyl (C=O) groups excluding carboxylic acids is 3. The molecule has 0 saturated carbocycles. The van der Waals surface area contributed by atoms with Gasteiger partial charge in [0.2, 0.25) is 11.8 Å². The van der Waals surface area contributed by atoms with Gasteiger partial charge < -0.3 is 10.2 Å². The lowest BCUT2D eigenvalue weighted by atomic mass is 10.0. The van der Waals surface area contributed by atoms with Crippen LogP contribution in [-0.2, 0) is 32.6 Å². The average molecular weight is 596 g/mol. The minimum absolute atomic E-state index is 0.0244. The topological polar surface area (TPSA) is 104 Å². The summed E-state index contributed by atoms with van der Waals surface area (Å²) in [5.74, 6) is -0.978. The van der Waals surface area contributed by atoms with Crippen LogP contribution < -0.4 is 5.32 Å². The van der Waals surface area contributed by atoms with Crippen LogP contribution in [0.1, 0.15) is 48.2 Å². The highest BCUT2D eigenvalue weighted by Gasteiger charge is 2.40. The maximum absolute atomic E-state index is 13.8. The molecule has 0 spiro atoms. The second-order valence-corrected chi connectivity index (χ2v) is 12.7. The highest BCUT2D eigenvalue weighted by molar-refractivity contribution is 7.90. The first-order chi connectivity index (χ1) is 19.6. The fraction of sp³-hybridized carbons (Fsp3) is 0.323. The van der Waals surface area contributed by atoms with Crippen LogP contribution in [0.25, 0.3) is 0 Å². The van der Waals surface area contributed by atoms with E-state index in [4.69, 9.17) is 11.6 Å². The molecule has 1 aliphatic rings. The van der Waals surface area contributed by atoms with Gasteiger partial charge in [0.1, 0.15) is 10.9 Å². The summed E-state index contributed by atoms with van der Waals surface area (Å²) >= 11 is 6.22. The largest absolute Gasteiger partial charge is 0.354 e. The summed E-state index contributed by atoms with van der Waals surface area (Å²) in [7, 11) is -3.97. The van der Waals surface area contributed by atoms with Crippen molar-refractivity contribution in [2.75, 3.05) is 13.1 Å². The van der Waals surface area contributed by atoms with Crippen molar-refractivity contribution in [1.82, 2.24) is 14.5 Å². The number of amides is 3. The molecule has 10 heteroatoms. The second-order valence-electron chi connectivity index (χ2n) is 10.5. The molecule has 0 aromatic heterocycles. The van der Waals surface area contributed by atoms with E-state index in [-0.39, 0.29) is 54.1 Å². The van der Waals surface area contributed by atoms with Crippen LogP contribution in [0.15, 0.2) is 83.8 Å². The third kappa shape index (κ3) is 7.34. The summed E-state index contributed by atoms with van der Waals surface area (Å²) in [6, 6.07) is 21.8. The number of nitrogens with zero attached hydrogens (tertiary/aromatic N) is 2. The molecule has 1 N–H and O–H groups in total. The summed E-state index contributed by atoms with van der Waals surface area (Å²) < 4.78 is 26.7. The third-order valence-corrected chi connectivity index (χ3v) is 8.94. The first kappa shape index (κ1) is 30.3. The van der Waals surface area contributed by atoms with Crippen molar-refractivity contribution in [3.05, 3.63) is 101 Å². The van der Waals surface area contributed by atoms with Crippen LogP contribution in [0.2, 0.25) is 5.02 Å². The van der Waals surface area contributed by atoms with E-state index in [2.05, 4.69) is 5.32 Å². The lowest BCUT2D eigenvalue weighted by Gasteiger charge is -2.32. The summed E-state index contributed by atoms with van der Waals surface area (Å²) in [5, 5.41) is 3.48. The van der Waals surface area contributed by atoms with Crippen molar-refractivity contribution in [2.24, 2.45) is 5.92 Å². The number of carbonyl (C=O) groups is 3. The van der Waals surface area contributed by atoms with E-state index < -0.39 is 22.0 Å². The first-order valence-corrected chi connectivity index (χ1v) is 15.4. The first-order valence-electron chi connectivity index (χ1n) is 13.6. The lowest BCUT2D eigenvalue weighted by Crippen LogP contribution is -2.51. The number of hydrogen-bond acceptors (Lipinski definition) is 5. The van der Waals surface area contributed by atoms with E-state index in [1.54, 1.807) is 30.3 Å². The molecule has 1 unspecified atom stereocenters. The standard InChI is InChI=1S/C31H34ClN3O5S/c1-22(2)20-33-30(37)27(19-23-10-4-3-5-11-23)34(21-24-12-8-13-25(32)18-24)29(36)16-9-17-35-31(38)26-14-6-7-15-28(26)41(35,39)40/h3-8,10-15,18,22,27H,9,16-17,19-21H2,1-2H3,(H,33,37). The lowest BCUT2D eigenvalue weighted by molar-refractivity contribution is -0.141. The van der Waals surface area contributed by atoms with Crippen LogP contribution in [0.3, 0.4) is 0 Å². The zero-order valence-electron chi connectivity index (χ0n) is 23.1. The highest BCUT2D eigenvalue weighted by Crippen LogP contribution is 2.30. The zero-order chi connectivity index (χ0) is 29.6. The SMILES string of the molecule is CC(C)CNC(=O)C(Cc1ccccc1)N(Cc1cccc(Cl)c1)C(=O)CCCN1C(=O)c2ccccc2S1(=O)=O. The van der Waals surface area contributed by atoms with Gasteiger partial charge in [0.05, 0.1) is 5.56 Å². The van der Waals surface area contributed by atoms with Gasteiger partial charge >= 0.3 is 0 Å². The Labute approximate surface area is 246 Å². The Kier molecular flexibility index (Phi) is 9.83. The monoisotopic (exact) mass is 595 g/mol. The van der Waals surface area contributed by atoms with Crippen molar-refractivity contribution in [3.8, 4) is 0 Å². The third-order valence-electron chi connectivity index (χ3n) is 6.86. The van der Waals surface area contributed by atoms with Gasteiger partial charge in [-0.25, -0.2) is 12.7 Å². The molecule has 0 aliphatic carbocycles. The van der Waals surface area contributed by atoms with Crippen molar-refractivity contribution < 1.29 is 22.8 Å². The fourth-order valence-electron chi connectivity index (χ4n) is 4.78. The van der Waals surface area contributed by atoms with Crippen LogP contribution in [0, 0.1) is 5.92 Å². The van der Waals surface area contributed by atoms with Gasteiger partial charge in [0.15, 0.2) is 0 Å². The van der Waals surface area contributed by atoms with Crippen molar-refractivity contribution in [2.45, 2.75) is 50.6 Å². The minimum Gasteiger partial charge on any atom is -0.354 e. The average Bonchev–Trinajstić information content (AvgIpc) is 3.14. The molecular weight excluding hydrogens is 562 g/mol. The molecule has 3 aromatic carbocycles. The van der Waals surface area contributed by atoms with Gasteiger partial charge in [0, 0.05) is 37.5 Å². The Balaban J connectivity index is 1.56. The molecule has 1 aliphatic heterocycles. The molecule has 0 saturated heterocycles. The van der Waals surface area contributed by atoms with Gasteiger partial charge in [-0.05, 0) is 47.7 Å². The van der Waals surface area contributed by atoms with Crippen LogP contribution >= 0.6 is 11.6 Å². The smallest absolute Gasteiger partial charge is 0.269 e. The van der Waals surface area contributed by atoms with E-state index in [0.717, 1.165) is 15.4 Å². The number of benzene rings is 3. The number of halogens is 1. The zero-order valence-corrected chi connectivity index (χ0v) is 24.7. The van der Waals surface area contributed by atoms with E-state index >= 15 is 0 Å². The molecule has 0 fully saturated rings. The quantitative estimate of drug-likeness (QED) is 0.327. The van der Waals surface area contributed by atoms with E-state index in [9.17, 15) is 22.8 Å². The van der Waals surface area contributed by atoms with E-state index in [1.807, 2.05) is 50.2 Å². The van der Waals surface area contributed by atoms with Crippen molar-refractivity contribution >= 4 is 39.3 Å². The van der Waals surface area contributed by atoms with Gasteiger partial charge in [-0.1, -0.05) is 80.0 Å².